The van der Waals surface area contributed by atoms with Gasteiger partial charge in [-0.05, 0) is 103 Å². The predicted octanol–water partition coefficient (Wildman–Crippen LogP) is 4.95. The van der Waals surface area contributed by atoms with Crippen molar-refractivity contribution in [2.45, 2.75) is 70.4 Å². The van der Waals surface area contributed by atoms with Crippen molar-refractivity contribution in [3.63, 3.8) is 0 Å². The minimum Gasteiger partial charge on any atom is -0.454 e. The molecule has 4 saturated carbocycles. The number of rotatable bonds is 7. The van der Waals surface area contributed by atoms with Gasteiger partial charge in [-0.15, -0.1) is 0 Å². The van der Waals surface area contributed by atoms with E-state index in [0.29, 0.717) is 29.0 Å². The third-order valence-electron chi connectivity index (χ3n) is 8.94. The summed E-state index contributed by atoms with van der Waals surface area (Å²) in [4.78, 5) is 26.1. The van der Waals surface area contributed by atoms with E-state index in [1.54, 1.807) is 0 Å². The SMILES string of the molecule is CC(C)[C@@H](NC(=O)c1ccc(C23CC4CC(CC(C4)C2)C3)cc1)C(=O)NCc1ccc2c(c1)OCO2. The normalized spacial score (nSPS) is 28.2. The maximum Gasteiger partial charge on any atom is 0.251 e. The summed E-state index contributed by atoms with van der Waals surface area (Å²) in [7, 11) is 0. The van der Waals surface area contributed by atoms with Crippen LogP contribution in [-0.2, 0) is 16.8 Å². The molecule has 2 aromatic carbocycles. The highest BCUT2D eigenvalue weighted by atomic mass is 16.7. The molecule has 0 radical (unpaired) electrons. The Labute approximate surface area is 213 Å². The number of carbonyl (C=O) groups excluding carboxylic acids is 2. The molecule has 1 atom stereocenters. The van der Waals surface area contributed by atoms with Crippen LogP contribution in [0.4, 0.5) is 0 Å². The Morgan fingerprint density at radius 1 is 0.917 bits per heavy atom. The summed E-state index contributed by atoms with van der Waals surface area (Å²) in [6.07, 6.45) is 8.20. The van der Waals surface area contributed by atoms with Gasteiger partial charge in [-0.25, -0.2) is 0 Å². The Hall–Kier alpha value is -3.02. The highest BCUT2D eigenvalue weighted by Crippen LogP contribution is 2.60. The molecule has 4 aliphatic carbocycles. The fraction of sp³-hybridized carbons (Fsp3) is 0.533. The number of carbonyl (C=O) groups is 2. The molecular formula is C30H36N2O4. The smallest absolute Gasteiger partial charge is 0.251 e. The van der Waals surface area contributed by atoms with E-state index in [4.69, 9.17) is 9.47 Å². The molecule has 0 aromatic heterocycles. The maximum atomic E-state index is 13.1. The van der Waals surface area contributed by atoms with Crippen molar-refractivity contribution in [3.8, 4) is 11.5 Å². The van der Waals surface area contributed by atoms with Crippen LogP contribution in [0.25, 0.3) is 0 Å². The van der Waals surface area contributed by atoms with E-state index in [9.17, 15) is 9.59 Å². The zero-order valence-corrected chi connectivity index (χ0v) is 21.2. The van der Waals surface area contributed by atoms with Crippen LogP contribution in [0, 0.1) is 23.7 Å². The Bertz CT molecular complexity index is 1120. The third-order valence-corrected chi connectivity index (χ3v) is 8.94. The van der Waals surface area contributed by atoms with E-state index in [0.717, 1.165) is 23.3 Å². The lowest BCUT2D eigenvalue weighted by Gasteiger charge is -2.57. The number of amides is 2. The fourth-order valence-corrected chi connectivity index (χ4v) is 7.55. The molecule has 4 fully saturated rings. The molecule has 6 heteroatoms. The summed E-state index contributed by atoms with van der Waals surface area (Å²) in [6, 6.07) is 13.3. The predicted molar refractivity (Wildman–Crippen MR) is 137 cm³/mol. The van der Waals surface area contributed by atoms with E-state index >= 15 is 0 Å². The van der Waals surface area contributed by atoms with Crippen molar-refractivity contribution >= 4 is 11.8 Å². The van der Waals surface area contributed by atoms with Crippen LogP contribution in [0.1, 0.15) is 73.9 Å². The summed E-state index contributed by atoms with van der Waals surface area (Å²) in [6.45, 7) is 4.47. The summed E-state index contributed by atoms with van der Waals surface area (Å²) in [5.41, 5.74) is 3.25. The van der Waals surface area contributed by atoms with Crippen LogP contribution in [0.15, 0.2) is 42.5 Å². The minimum absolute atomic E-state index is 0.0444. The van der Waals surface area contributed by atoms with E-state index in [-0.39, 0.29) is 24.5 Å². The average Bonchev–Trinajstić information content (AvgIpc) is 3.33. The second-order valence-electron chi connectivity index (χ2n) is 11.9. The molecule has 2 aromatic rings. The Morgan fingerprint density at radius 2 is 1.56 bits per heavy atom. The number of fused-ring (bicyclic) bond motifs is 1. The maximum absolute atomic E-state index is 13.1. The van der Waals surface area contributed by atoms with Gasteiger partial charge in [0.15, 0.2) is 11.5 Å². The second-order valence-corrected chi connectivity index (χ2v) is 11.9. The fourth-order valence-electron chi connectivity index (χ4n) is 7.55. The van der Waals surface area contributed by atoms with Crippen LogP contribution in [-0.4, -0.2) is 24.6 Å². The molecular weight excluding hydrogens is 452 g/mol. The highest BCUT2D eigenvalue weighted by molar-refractivity contribution is 5.97. The third kappa shape index (κ3) is 4.35. The molecule has 2 N–H and O–H groups in total. The van der Waals surface area contributed by atoms with Crippen molar-refractivity contribution in [1.29, 1.82) is 0 Å². The molecule has 190 valence electrons. The van der Waals surface area contributed by atoms with Crippen molar-refractivity contribution in [2.24, 2.45) is 23.7 Å². The summed E-state index contributed by atoms with van der Waals surface area (Å²) < 4.78 is 10.8. The first kappa shape index (κ1) is 23.4. The lowest BCUT2D eigenvalue weighted by molar-refractivity contribution is -0.124. The van der Waals surface area contributed by atoms with Gasteiger partial charge in [0, 0.05) is 12.1 Å². The Kier molecular flexibility index (Phi) is 5.93. The van der Waals surface area contributed by atoms with Gasteiger partial charge in [0.2, 0.25) is 12.7 Å². The van der Waals surface area contributed by atoms with E-state index in [1.807, 2.05) is 44.2 Å². The van der Waals surface area contributed by atoms with Crippen molar-refractivity contribution < 1.29 is 19.1 Å². The second kappa shape index (κ2) is 9.13. The largest absolute Gasteiger partial charge is 0.454 e. The van der Waals surface area contributed by atoms with Gasteiger partial charge in [-0.3, -0.25) is 9.59 Å². The van der Waals surface area contributed by atoms with Crippen LogP contribution >= 0.6 is 0 Å². The number of nitrogens with one attached hydrogen (secondary N) is 2. The lowest BCUT2D eigenvalue weighted by atomic mass is 9.48. The van der Waals surface area contributed by atoms with Gasteiger partial charge in [0.25, 0.3) is 5.91 Å². The lowest BCUT2D eigenvalue weighted by Crippen LogP contribution is -2.49. The number of benzene rings is 2. The molecule has 2 amide bonds. The monoisotopic (exact) mass is 488 g/mol. The van der Waals surface area contributed by atoms with Crippen LogP contribution in [0.3, 0.4) is 0 Å². The topological polar surface area (TPSA) is 76.7 Å². The Balaban J connectivity index is 1.09. The molecule has 5 aliphatic rings. The van der Waals surface area contributed by atoms with Crippen molar-refractivity contribution in [2.75, 3.05) is 6.79 Å². The quantitative estimate of drug-likeness (QED) is 0.578. The first-order chi connectivity index (χ1) is 17.4. The molecule has 1 aliphatic heterocycles. The molecule has 36 heavy (non-hydrogen) atoms. The summed E-state index contributed by atoms with van der Waals surface area (Å²) >= 11 is 0. The molecule has 0 unspecified atom stereocenters. The molecule has 1 heterocycles. The molecule has 0 saturated heterocycles. The van der Waals surface area contributed by atoms with Gasteiger partial charge in [0.05, 0.1) is 0 Å². The summed E-state index contributed by atoms with van der Waals surface area (Å²) in [5, 5.41) is 5.93. The molecule has 4 bridgehead atoms. The van der Waals surface area contributed by atoms with Gasteiger partial charge in [-0.2, -0.15) is 0 Å². The van der Waals surface area contributed by atoms with Crippen molar-refractivity contribution in [3.05, 3.63) is 59.2 Å². The van der Waals surface area contributed by atoms with Gasteiger partial charge in [0.1, 0.15) is 6.04 Å². The molecule has 6 nitrogen and oxygen atoms in total. The average molecular weight is 489 g/mol. The zero-order valence-electron chi connectivity index (χ0n) is 21.2. The van der Waals surface area contributed by atoms with Gasteiger partial charge in [-0.1, -0.05) is 32.0 Å². The standard InChI is InChI=1S/C30H36N2O4/c1-18(2)27(29(34)31-16-19-3-8-25-26(12-19)36-17-35-25)32-28(33)23-4-6-24(7-5-23)30-13-20-9-21(14-30)11-22(10-20)15-30/h3-8,12,18,20-22,27H,9-11,13-17H2,1-2H3,(H,31,34)(H,32,33)/t20?,21?,22?,27-,30?/m1/s1. The Morgan fingerprint density at radius 3 is 2.19 bits per heavy atom. The van der Waals surface area contributed by atoms with Gasteiger partial charge < -0.3 is 20.1 Å². The van der Waals surface area contributed by atoms with E-state index < -0.39 is 6.04 Å². The molecule has 7 rings (SSSR count). The van der Waals surface area contributed by atoms with E-state index in [2.05, 4.69) is 22.8 Å². The molecule has 0 spiro atoms. The van der Waals surface area contributed by atoms with E-state index in [1.165, 1.54) is 44.1 Å². The van der Waals surface area contributed by atoms with Crippen LogP contribution in [0.2, 0.25) is 0 Å². The first-order valence-electron chi connectivity index (χ1n) is 13.5. The first-order valence-corrected chi connectivity index (χ1v) is 13.5. The van der Waals surface area contributed by atoms with Crippen LogP contribution in [0.5, 0.6) is 11.5 Å². The zero-order chi connectivity index (χ0) is 24.9. The summed E-state index contributed by atoms with van der Waals surface area (Å²) in [5.74, 6) is 3.63. The minimum atomic E-state index is -0.616. The van der Waals surface area contributed by atoms with Crippen molar-refractivity contribution in [1.82, 2.24) is 10.6 Å². The van der Waals surface area contributed by atoms with Gasteiger partial charge >= 0.3 is 0 Å². The number of ether oxygens (including phenoxy) is 2. The highest BCUT2D eigenvalue weighted by Gasteiger charge is 2.51. The number of hydrogen-bond acceptors (Lipinski definition) is 4. The number of hydrogen-bond donors (Lipinski definition) is 2. The van der Waals surface area contributed by atoms with Crippen LogP contribution < -0.4 is 20.1 Å².